The Kier molecular flexibility index (Phi) is 18.3. The molecule has 0 aliphatic rings. The van der Waals surface area contributed by atoms with Crippen molar-refractivity contribution in [2.24, 2.45) is 27.9 Å². The molecule has 16 heteroatoms. The fourth-order valence-corrected chi connectivity index (χ4v) is 4.88. The summed E-state index contributed by atoms with van der Waals surface area (Å²) in [4.78, 5) is 55.8. The third-order valence-corrected chi connectivity index (χ3v) is 7.34. The number of benzene rings is 1. The van der Waals surface area contributed by atoms with Crippen LogP contribution >= 0.6 is 0 Å². The Morgan fingerprint density at radius 3 is 2.17 bits per heavy atom. The molecule has 2 aromatic rings. The predicted molar refractivity (Wildman–Crippen MR) is 182 cm³/mol. The predicted octanol–water partition coefficient (Wildman–Crippen LogP) is -1.48. The Morgan fingerprint density at radius 1 is 0.830 bits per heavy atom. The molecule has 2 unspecified atom stereocenters. The quantitative estimate of drug-likeness (QED) is 0.0334. The number of guanidine groups is 1. The van der Waals surface area contributed by atoms with Gasteiger partial charge in [0.25, 0.3) is 0 Å². The van der Waals surface area contributed by atoms with Crippen LogP contribution < -0.4 is 49.5 Å². The van der Waals surface area contributed by atoms with E-state index in [1.54, 1.807) is 18.3 Å². The molecule has 4 amide bonds. The first-order valence-corrected chi connectivity index (χ1v) is 16.2. The van der Waals surface area contributed by atoms with E-state index < -0.39 is 29.8 Å². The summed E-state index contributed by atoms with van der Waals surface area (Å²) in [5.41, 5.74) is 23.0. The van der Waals surface area contributed by atoms with Crippen molar-refractivity contribution < 1.29 is 24.3 Å². The molecular formula is C31H53N11O5. The summed E-state index contributed by atoms with van der Waals surface area (Å²) in [5, 5.41) is 25.7. The summed E-state index contributed by atoms with van der Waals surface area (Å²) in [6, 6.07) is 3.36. The van der Waals surface area contributed by atoms with Crippen LogP contribution in [0.3, 0.4) is 0 Å². The number of carbonyl (C=O) groups excluding carboxylic acids is 4. The van der Waals surface area contributed by atoms with Gasteiger partial charge in [-0.15, -0.1) is 0 Å². The van der Waals surface area contributed by atoms with Gasteiger partial charge in [-0.1, -0.05) is 12.5 Å². The van der Waals surface area contributed by atoms with Gasteiger partial charge in [-0.05, 0) is 82.4 Å². The fraction of sp³-hybridized carbons (Fsp3) is 0.581. The number of nitrogens with two attached hydrogens (primary N) is 4. The minimum absolute atomic E-state index is 0.0326. The van der Waals surface area contributed by atoms with Crippen LogP contribution in [0, 0.1) is 0 Å². The molecule has 1 aromatic heterocycles. The summed E-state index contributed by atoms with van der Waals surface area (Å²) in [6.45, 7) is 4.82. The van der Waals surface area contributed by atoms with E-state index in [1.165, 1.54) is 6.07 Å². The number of nitrogens with zero attached hydrogens (tertiary/aromatic N) is 1. The van der Waals surface area contributed by atoms with Crippen molar-refractivity contribution in [3.05, 3.63) is 30.0 Å². The number of hydrogen-bond donors (Lipinski definition) is 11. The van der Waals surface area contributed by atoms with Crippen LogP contribution in [0.2, 0.25) is 0 Å². The molecule has 0 aliphatic heterocycles. The number of aromatic amines is 1. The van der Waals surface area contributed by atoms with Crippen LogP contribution in [0.25, 0.3) is 10.9 Å². The first-order chi connectivity index (χ1) is 22.6. The van der Waals surface area contributed by atoms with E-state index >= 15 is 0 Å². The van der Waals surface area contributed by atoms with E-state index in [0.29, 0.717) is 48.9 Å². The van der Waals surface area contributed by atoms with Gasteiger partial charge in [0.2, 0.25) is 23.6 Å². The van der Waals surface area contributed by atoms with Crippen LogP contribution in [0.5, 0.6) is 5.75 Å². The average Bonchev–Trinajstić information content (AvgIpc) is 3.43. The first-order valence-electron chi connectivity index (χ1n) is 16.2. The molecule has 262 valence electrons. The lowest BCUT2D eigenvalue weighted by atomic mass is 10.1. The minimum atomic E-state index is -1.08. The van der Waals surface area contributed by atoms with E-state index in [-0.39, 0.29) is 30.5 Å². The maximum absolute atomic E-state index is 12.7. The highest BCUT2D eigenvalue weighted by Crippen LogP contribution is 2.27. The summed E-state index contributed by atoms with van der Waals surface area (Å²) in [6.07, 6.45) is 6.77. The highest BCUT2D eigenvalue weighted by Gasteiger charge is 2.23. The normalized spacial score (nSPS) is 12.3. The number of unbranched alkanes of at least 4 members (excludes halogenated alkanes) is 2. The van der Waals surface area contributed by atoms with E-state index in [0.717, 1.165) is 58.3 Å². The lowest BCUT2D eigenvalue weighted by Crippen LogP contribution is -2.49. The molecule has 0 radical (unpaired) electrons. The number of phenols is 1. The highest BCUT2D eigenvalue weighted by atomic mass is 16.3. The van der Waals surface area contributed by atoms with Crippen molar-refractivity contribution in [1.29, 1.82) is 0 Å². The van der Waals surface area contributed by atoms with Crippen molar-refractivity contribution in [2.75, 3.05) is 45.8 Å². The number of amides is 4. The number of aliphatic imine (C=N–C) groups is 1. The van der Waals surface area contributed by atoms with Gasteiger partial charge >= 0.3 is 0 Å². The summed E-state index contributed by atoms with van der Waals surface area (Å²) >= 11 is 0. The molecule has 0 spiro atoms. The SMILES string of the molecule is NC(=O)CC(NC(=O)Cc1c[nH]c2cccc(O)c12)C(=O)NCCCCCNCCCNCCCNC(=O)C(N)CCCN=C(N)N. The Morgan fingerprint density at radius 2 is 1.47 bits per heavy atom. The third-order valence-electron chi connectivity index (χ3n) is 7.34. The van der Waals surface area contributed by atoms with Gasteiger partial charge in [0.15, 0.2) is 5.96 Å². The second-order valence-corrected chi connectivity index (χ2v) is 11.4. The van der Waals surface area contributed by atoms with Gasteiger partial charge in [-0.2, -0.15) is 0 Å². The lowest BCUT2D eigenvalue weighted by molar-refractivity contribution is -0.131. The van der Waals surface area contributed by atoms with Crippen LogP contribution in [0.1, 0.15) is 56.9 Å². The smallest absolute Gasteiger partial charge is 0.243 e. The molecule has 2 atom stereocenters. The van der Waals surface area contributed by atoms with Gasteiger partial charge < -0.3 is 59.6 Å². The van der Waals surface area contributed by atoms with E-state index in [2.05, 4.69) is 36.6 Å². The van der Waals surface area contributed by atoms with Crippen LogP contribution in [0.4, 0.5) is 0 Å². The van der Waals surface area contributed by atoms with E-state index in [1.807, 2.05) is 0 Å². The number of aromatic nitrogens is 1. The Hall–Kier alpha value is -4.41. The van der Waals surface area contributed by atoms with Gasteiger partial charge in [-0.25, -0.2) is 0 Å². The van der Waals surface area contributed by atoms with E-state index in [9.17, 15) is 24.3 Å². The Labute approximate surface area is 275 Å². The molecular weight excluding hydrogens is 606 g/mol. The minimum Gasteiger partial charge on any atom is -0.507 e. The molecule has 0 saturated heterocycles. The molecule has 0 aliphatic carbocycles. The zero-order chi connectivity index (χ0) is 34.4. The second kappa shape index (κ2) is 22.2. The molecule has 0 fully saturated rings. The molecule has 0 bridgehead atoms. The molecule has 2 rings (SSSR count). The van der Waals surface area contributed by atoms with E-state index in [4.69, 9.17) is 22.9 Å². The topological polar surface area (TPSA) is 281 Å². The summed E-state index contributed by atoms with van der Waals surface area (Å²) < 4.78 is 0. The average molecular weight is 660 g/mol. The largest absolute Gasteiger partial charge is 0.507 e. The number of fused-ring (bicyclic) bond motifs is 1. The van der Waals surface area contributed by atoms with Crippen molar-refractivity contribution in [3.8, 4) is 5.75 Å². The molecule has 15 N–H and O–H groups in total. The van der Waals surface area contributed by atoms with Gasteiger partial charge in [0, 0.05) is 36.7 Å². The summed E-state index contributed by atoms with van der Waals surface area (Å²) in [5.74, 6) is -1.71. The van der Waals surface area contributed by atoms with Crippen molar-refractivity contribution >= 4 is 40.5 Å². The maximum Gasteiger partial charge on any atom is 0.243 e. The van der Waals surface area contributed by atoms with Crippen LogP contribution in [-0.2, 0) is 25.6 Å². The maximum atomic E-state index is 12.7. The number of primary amides is 1. The zero-order valence-electron chi connectivity index (χ0n) is 27.1. The van der Waals surface area contributed by atoms with Crippen molar-refractivity contribution in [3.63, 3.8) is 0 Å². The molecule has 1 heterocycles. The number of aromatic hydroxyl groups is 1. The molecule has 0 saturated carbocycles. The number of rotatable bonds is 25. The Balaban J connectivity index is 1.48. The monoisotopic (exact) mass is 659 g/mol. The van der Waals surface area contributed by atoms with Crippen molar-refractivity contribution in [2.45, 2.75) is 69.9 Å². The van der Waals surface area contributed by atoms with Gasteiger partial charge in [0.05, 0.1) is 18.9 Å². The van der Waals surface area contributed by atoms with Crippen LogP contribution in [0.15, 0.2) is 29.4 Å². The first kappa shape index (κ1) is 38.8. The Bertz CT molecular complexity index is 1300. The summed E-state index contributed by atoms with van der Waals surface area (Å²) in [7, 11) is 0. The molecule has 1 aromatic carbocycles. The number of nitrogens with one attached hydrogen (secondary N) is 6. The third kappa shape index (κ3) is 16.1. The number of hydrogen-bond acceptors (Lipinski definition) is 9. The lowest BCUT2D eigenvalue weighted by Gasteiger charge is -2.17. The number of H-pyrrole nitrogens is 1. The zero-order valence-corrected chi connectivity index (χ0v) is 27.1. The van der Waals surface area contributed by atoms with Gasteiger partial charge in [0.1, 0.15) is 11.8 Å². The fourth-order valence-electron chi connectivity index (χ4n) is 4.88. The second-order valence-electron chi connectivity index (χ2n) is 11.4. The number of phenolic OH excluding ortho intramolecular Hbond substituents is 1. The van der Waals surface area contributed by atoms with Gasteiger partial charge in [-0.3, -0.25) is 24.2 Å². The molecule has 16 nitrogen and oxygen atoms in total. The standard InChI is InChI=1S/C31H53N11O5/c32-22(8-5-16-40-31(34)35)29(46)38-17-7-14-37-13-6-12-36-11-2-1-3-15-39-30(47)24(19-26(33)44)42-27(45)18-21-20-41-23-9-4-10-25(43)28(21)23/h4,9-10,20,22,24,36-37,41,43H,1-3,5-8,11-19,32H2,(H2,33,44)(H,38,46)(H,39,47)(H,42,45)(H4,34,35,40). The number of carbonyl (C=O) groups is 4. The van der Waals surface area contributed by atoms with Crippen LogP contribution in [-0.4, -0.2) is 97.6 Å². The van der Waals surface area contributed by atoms with Crippen molar-refractivity contribution in [1.82, 2.24) is 31.6 Å². The molecule has 47 heavy (non-hydrogen) atoms. The highest BCUT2D eigenvalue weighted by molar-refractivity contribution is 5.95.